The van der Waals surface area contributed by atoms with Crippen molar-refractivity contribution in [3.8, 4) is 0 Å². The minimum absolute atomic E-state index is 0.0479. The summed E-state index contributed by atoms with van der Waals surface area (Å²) in [5.74, 6) is 0.338. The summed E-state index contributed by atoms with van der Waals surface area (Å²) in [5, 5.41) is 9.09. The van der Waals surface area contributed by atoms with Crippen molar-refractivity contribution in [3.63, 3.8) is 0 Å². The molecule has 24 heavy (non-hydrogen) atoms. The van der Waals surface area contributed by atoms with E-state index in [1.165, 1.54) is 5.56 Å². The Morgan fingerprint density at radius 2 is 1.67 bits per heavy atom. The van der Waals surface area contributed by atoms with Gasteiger partial charge in [0.1, 0.15) is 0 Å². The molecule has 2 aromatic rings. The van der Waals surface area contributed by atoms with Gasteiger partial charge in [-0.3, -0.25) is 0 Å². The highest BCUT2D eigenvalue weighted by Gasteiger charge is 2.32. The predicted octanol–water partition coefficient (Wildman–Crippen LogP) is 2.74. The van der Waals surface area contributed by atoms with Crippen LogP contribution in [-0.2, 0) is 23.1 Å². The molecule has 1 saturated heterocycles. The van der Waals surface area contributed by atoms with Crippen LogP contribution in [-0.4, -0.2) is 30.9 Å². The van der Waals surface area contributed by atoms with Gasteiger partial charge in [0.2, 0.25) is 10.0 Å². The molecule has 0 saturated carbocycles. The van der Waals surface area contributed by atoms with Crippen molar-refractivity contribution < 1.29 is 13.5 Å². The summed E-state index contributed by atoms with van der Waals surface area (Å²) >= 11 is 0. The Morgan fingerprint density at radius 1 is 1.04 bits per heavy atom. The molecule has 3 rings (SSSR count). The summed E-state index contributed by atoms with van der Waals surface area (Å²) in [4.78, 5) is 0.376. The van der Waals surface area contributed by atoms with Crippen LogP contribution in [0.4, 0.5) is 0 Å². The van der Waals surface area contributed by atoms with E-state index in [1.54, 1.807) is 16.4 Å². The molecule has 1 N–H and O–H groups in total. The van der Waals surface area contributed by atoms with Crippen molar-refractivity contribution >= 4 is 10.0 Å². The molecule has 0 radical (unpaired) electrons. The van der Waals surface area contributed by atoms with Crippen LogP contribution >= 0.6 is 0 Å². The second-order valence-corrected chi connectivity index (χ2v) is 8.45. The fourth-order valence-corrected chi connectivity index (χ4v) is 4.69. The van der Waals surface area contributed by atoms with E-state index in [4.69, 9.17) is 5.11 Å². The Kier molecular flexibility index (Phi) is 5.04. The van der Waals surface area contributed by atoms with Gasteiger partial charge in [-0.15, -0.1) is 0 Å². The molecule has 5 heteroatoms. The van der Waals surface area contributed by atoms with Gasteiger partial charge in [0.05, 0.1) is 11.5 Å². The van der Waals surface area contributed by atoms with Crippen LogP contribution in [0.5, 0.6) is 0 Å². The Labute approximate surface area is 143 Å². The molecular weight excluding hydrogens is 322 g/mol. The average Bonchev–Trinajstić information content (AvgIpc) is 3.05. The molecule has 0 aromatic heterocycles. The molecule has 2 aromatic carbocycles. The van der Waals surface area contributed by atoms with Crippen LogP contribution in [0.15, 0.2) is 53.4 Å². The molecule has 0 unspecified atom stereocenters. The Hall–Kier alpha value is -1.69. The maximum Gasteiger partial charge on any atom is 0.243 e. The van der Waals surface area contributed by atoms with Crippen LogP contribution < -0.4 is 0 Å². The van der Waals surface area contributed by atoms with Crippen LogP contribution in [0.1, 0.15) is 23.1 Å². The molecular formula is C19H23NO3S. The van der Waals surface area contributed by atoms with Gasteiger partial charge in [-0.2, -0.15) is 4.31 Å². The largest absolute Gasteiger partial charge is 0.392 e. The topological polar surface area (TPSA) is 57.6 Å². The summed E-state index contributed by atoms with van der Waals surface area (Å²) in [6.45, 7) is 3.14. The first kappa shape index (κ1) is 17.1. The molecule has 1 atom stereocenters. The zero-order chi connectivity index (χ0) is 17.2. The van der Waals surface area contributed by atoms with Crippen LogP contribution in [0.25, 0.3) is 0 Å². The van der Waals surface area contributed by atoms with E-state index >= 15 is 0 Å². The molecule has 1 aliphatic heterocycles. The smallest absolute Gasteiger partial charge is 0.243 e. The quantitative estimate of drug-likeness (QED) is 0.906. The van der Waals surface area contributed by atoms with E-state index in [0.717, 1.165) is 24.0 Å². The summed E-state index contributed by atoms with van der Waals surface area (Å²) in [7, 11) is -3.39. The van der Waals surface area contributed by atoms with E-state index in [-0.39, 0.29) is 6.61 Å². The second-order valence-electron chi connectivity index (χ2n) is 6.51. The number of hydrogen-bond acceptors (Lipinski definition) is 3. The Morgan fingerprint density at radius 3 is 2.29 bits per heavy atom. The van der Waals surface area contributed by atoms with E-state index in [9.17, 15) is 8.42 Å². The normalized spacial score (nSPS) is 18.8. The SMILES string of the molecule is Cc1ccc(S(=O)(=O)N2CC[C@@H](Cc3ccc(CO)cc3)C2)cc1. The molecule has 128 valence electrons. The van der Waals surface area contributed by atoms with Crippen molar-refractivity contribution in [2.75, 3.05) is 13.1 Å². The zero-order valence-corrected chi connectivity index (χ0v) is 14.7. The van der Waals surface area contributed by atoms with E-state index in [1.807, 2.05) is 43.3 Å². The van der Waals surface area contributed by atoms with Gasteiger partial charge in [0.25, 0.3) is 0 Å². The first-order chi connectivity index (χ1) is 11.5. The first-order valence-corrected chi connectivity index (χ1v) is 9.68. The summed E-state index contributed by atoms with van der Waals surface area (Å²) in [5.41, 5.74) is 3.14. The van der Waals surface area contributed by atoms with Gasteiger partial charge in [-0.25, -0.2) is 8.42 Å². The van der Waals surface area contributed by atoms with Crippen LogP contribution in [0, 0.1) is 12.8 Å². The van der Waals surface area contributed by atoms with Gasteiger partial charge in [-0.05, 0) is 48.9 Å². The average molecular weight is 345 g/mol. The molecule has 1 heterocycles. The third-order valence-electron chi connectivity index (χ3n) is 4.64. The van der Waals surface area contributed by atoms with Crippen molar-refractivity contribution in [1.29, 1.82) is 0 Å². The van der Waals surface area contributed by atoms with Crippen LogP contribution in [0.3, 0.4) is 0 Å². The van der Waals surface area contributed by atoms with Crippen molar-refractivity contribution in [1.82, 2.24) is 4.31 Å². The third kappa shape index (κ3) is 3.69. The number of benzene rings is 2. The molecule has 1 aliphatic rings. The van der Waals surface area contributed by atoms with Crippen molar-refractivity contribution in [2.24, 2.45) is 5.92 Å². The van der Waals surface area contributed by atoms with E-state index in [2.05, 4.69) is 0 Å². The van der Waals surface area contributed by atoms with Gasteiger partial charge in [-0.1, -0.05) is 42.0 Å². The highest BCUT2D eigenvalue weighted by Crippen LogP contribution is 2.27. The number of nitrogens with zero attached hydrogens (tertiary/aromatic N) is 1. The minimum Gasteiger partial charge on any atom is -0.392 e. The van der Waals surface area contributed by atoms with Gasteiger partial charge >= 0.3 is 0 Å². The highest BCUT2D eigenvalue weighted by atomic mass is 32.2. The van der Waals surface area contributed by atoms with Crippen LogP contribution in [0.2, 0.25) is 0 Å². The van der Waals surface area contributed by atoms with E-state index in [0.29, 0.717) is 23.9 Å². The van der Waals surface area contributed by atoms with Crippen molar-refractivity contribution in [3.05, 3.63) is 65.2 Å². The molecule has 1 fully saturated rings. The Balaban J connectivity index is 1.66. The lowest BCUT2D eigenvalue weighted by molar-refractivity contribution is 0.282. The second kappa shape index (κ2) is 7.05. The lowest BCUT2D eigenvalue weighted by atomic mass is 9.98. The number of hydrogen-bond donors (Lipinski definition) is 1. The number of sulfonamides is 1. The minimum atomic E-state index is -3.39. The molecule has 0 aliphatic carbocycles. The Bertz CT molecular complexity index is 782. The third-order valence-corrected chi connectivity index (χ3v) is 6.52. The van der Waals surface area contributed by atoms with Gasteiger partial charge in [0.15, 0.2) is 0 Å². The summed E-state index contributed by atoms with van der Waals surface area (Å²) in [6, 6.07) is 14.9. The summed E-state index contributed by atoms with van der Waals surface area (Å²) < 4.78 is 27.1. The predicted molar refractivity (Wildman–Crippen MR) is 94.1 cm³/mol. The van der Waals surface area contributed by atoms with Crippen molar-refractivity contribution in [2.45, 2.75) is 31.3 Å². The molecule has 0 spiro atoms. The zero-order valence-electron chi connectivity index (χ0n) is 13.9. The fraction of sp³-hybridized carbons (Fsp3) is 0.368. The van der Waals surface area contributed by atoms with Gasteiger partial charge in [0, 0.05) is 13.1 Å². The number of rotatable bonds is 5. The molecule has 4 nitrogen and oxygen atoms in total. The number of aryl methyl sites for hydroxylation is 1. The molecule has 0 bridgehead atoms. The number of aliphatic hydroxyl groups is 1. The number of aliphatic hydroxyl groups excluding tert-OH is 1. The maximum atomic E-state index is 12.7. The fourth-order valence-electron chi connectivity index (χ4n) is 3.16. The van der Waals surface area contributed by atoms with E-state index < -0.39 is 10.0 Å². The maximum absolute atomic E-state index is 12.7. The standard InChI is InChI=1S/C19H23NO3S/c1-15-2-8-19(9-3-15)24(22,23)20-11-10-18(13-20)12-16-4-6-17(14-21)7-5-16/h2-9,18,21H,10-14H2,1H3/t18-/m0/s1. The highest BCUT2D eigenvalue weighted by molar-refractivity contribution is 7.89. The lowest BCUT2D eigenvalue weighted by Gasteiger charge is -2.17. The monoisotopic (exact) mass is 345 g/mol. The molecule has 0 amide bonds. The van der Waals surface area contributed by atoms with Gasteiger partial charge < -0.3 is 5.11 Å². The summed E-state index contributed by atoms with van der Waals surface area (Å²) in [6.07, 6.45) is 1.75. The first-order valence-electron chi connectivity index (χ1n) is 8.24. The lowest BCUT2D eigenvalue weighted by Crippen LogP contribution is -2.29.